The summed E-state index contributed by atoms with van der Waals surface area (Å²) < 4.78 is 32.1. The van der Waals surface area contributed by atoms with E-state index in [0.717, 1.165) is 17.9 Å². The molecule has 2 aromatic heterocycles. The molecule has 112 valence electrons. The number of hydrogen-bond acceptors (Lipinski definition) is 5. The number of nitrogens with zero attached hydrogens (tertiary/aromatic N) is 2. The zero-order valence-corrected chi connectivity index (χ0v) is 13.0. The third-order valence-corrected chi connectivity index (χ3v) is 6.60. The fraction of sp³-hybridized carbons (Fsp3) is 0.357. The van der Waals surface area contributed by atoms with Crippen molar-refractivity contribution in [3.63, 3.8) is 0 Å². The van der Waals surface area contributed by atoms with Crippen LogP contribution in [0.2, 0.25) is 0 Å². The Morgan fingerprint density at radius 3 is 2.90 bits per heavy atom. The van der Waals surface area contributed by atoms with E-state index < -0.39 is 10.0 Å². The van der Waals surface area contributed by atoms with Gasteiger partial charge in [0.25, 0.3) is 0 Å². The summed E-state index contributed by atoms with van der Waals surface area (Å²) in [4.78, 5) is 4.15. The predicted molar refractivity (Wildman–Crippen MR) is 81.5 cm³/mol. The van der Waals surface area contributed by atoms with Crippen LogP contribution in [0.3, 0.4) is 0 Å². The predicted octanol–water partition coefficient (Wildman–Crippen LogP) is 2.54. The number of aromatic nitrogens is 1. The molecular weight excluding hydrogens is 308 g/mol. The van der Waals surface area contributed by atoms with E-state index in [1.165, 1.54) is 6.20 Å². The second-order valence-electron chi connectivity index (χ2n) is 4.76. The largest absolute Gasteiger partial charge is 0.468 e. The molecule has 1 aliphatic heterocycles. The van der Waals surface area contributed by atoms with Crippen molar-refractivity contribution in [2.24, 2.45) is 0 Å². The molecule has 3 heterocycles. The molecule has 0 aromatic carbocycles. The molecule has 0 spiro atoms. The molecule has 7 heteroatoms. The molecule has 21 heavy (non-hydrogen) atoms. The minimum Gasteiger partial charge on any atom is -0.468 e. The highest BCUT2D eigenvalue weighted by Gasteiger charge is 2.29. The Kier molecular flexibility index (Phi) is 4.32. The van der Waals surface area contributed by atoms with E-state index in [-0.39, 0.29) is 10.1 Å². The molecule has 2 aromatic rings. The summed E-state index contributed by atoms with van der Waals surface area (Å²) in [5, 5.41) is 0.217. The normalized spacial score (nSPS) is 21.0. The third-order valence-electron chi connectivity index (χ3n) is 3.43. The third kappa shape index (κ3) is 3.14. The molecule has 3 rings (SSSR count). The topological polar surface area (TPSA) is 63.4 Å². The molecule has 0 saturated carbocycles. The molecule has 1 unspecified atom stereocenters. The Labute approximate surface area is 128 Å². The number of sulfonamides is 1. The van der Waals surface area contributed by atoms with Gasteiger partial charge < -0.3 is 4.42 Å². The molecule has 0 radical (unpaired) electrons. The van der Waals surface area contributed by atoms with Gasteiger partial charge in [-0.3, -0.25) is 4.98 Å². The van der Waals surface area contributed by atoms with Crippen LogP contribution in [0.1, 0.15) is 17.4 Å². The second kappa shape index (κ2) is 6.21. The van der Waals surface area contributed by atoms with Gasteiger partial charge in [-0.1, -0.05) is 0 Å². The average Bonchev–Trinajstić information content (AvgIpc) is 2.92. The van der Waals surface area contributed by atoms with Crippen molar-refractivity contribution in [1.82, 2.24) is 9.29 Å². The molecule has 0 amide bonds. The highest BCUT2D eigenvalue weighted by atomic mass is 32.2. The standard InChI is InChI=1S/C14H16N2O3S2/c17-21(18,12-3-1-6-15-11-12)16-7-5-14(20-10-8-16)13-4-2-9-19-13/h1-4,6,9,11,14H,5,7-8,10H2. The van der Waals surface area contributed by atoms with Crippen molar-refractivity contribution in [3.05, 3.63) is 48.7 Å². The van der Waals surface area contributed by atoms with E-state index in [0.29, 0.717) is 13.1 Å². The number of hydrogen-bond donors (Lipinski definition) is 0. The lowest BCUT2D eigenvalue weighted by Crippen LogP contribution is -2.33. The van der Waals surface area contributed by atoms with E-state index in [2.05, 4.69) is 4.98 Å². The molecular formula is C14H16N2O3S2. The molecule has 0 aliphatic carbocycles. The van der Waals surface area contributed by atoms with E-state index in [9.17, 15) is 8.42 Å². The van der Waals surface area contributed by atoms with Crippen LogP contribution in [0.5, 0.6) is 0 Å². The summed E-state index contributed by atoms with van der Waals surface area (Å²) in [5.41, 5.74) is 0. The number of rotatable bonds is 3. The van der Waals surface area contributed by atoms with Gasteiger partial charge in [0.05, 0.1) is 11.5 Å². The van der Waals surface area contributed by atoms with Crippen LogP contribution in [-0.2, 0) is 10.0 Å². The zero-order chi connectivity index (χ0) is 14.7. The van der Waals surface area contributed by atoms with Gasteiger partial charge in [0.15, 0.2) is 0 Å². The van der Waals surface area contributed by atoms with Crippen LogP contribution in [0.4, 0.5) is 0 Å². The van der Waals surface area contributed by atoms with Gasteiger partial charge in [0, 0.05) is 31.2 Å². The highest BCUT2D eigenvalue weighted by molar-refractivity contribution is 7.99. The van der Waals surface area contributed by atoms with Crippen LogP contribution in [0.25, 0.3) is 0 Å². The summed E-state index contributed by atoms with van der Waals surface area (Å²) in [5.74, 6) is 1.67. The maximum atomic E-state index is 12.6. The molecule has 5 nitrogen and oxygen atoms in total. The molecule has 1 fully saturated rings. The van der Waals surface area contributed by atoms with Crippen molar-refractivity contribution in [2.45, 2.75) is 16.6 Å². The first-order chi connectivity index (χ1) is 10.2. The Morgan fingerprint density at radius 2 is 2.19 bits per heavy atom. The summed E-state index contributed by atoms with van der Waals surface area (Å²) in [7, 11) is -3.45. The van der Waals surface area contributed by atoms with Crippen molar-refractivity contribution >= 4 is 21.8 Å². The van der Waals surface area contributed by atoms with Crippen molar-refractivity contribution in [1.29, 1.82) is 0 Å². The second-order valence-corrected chi connectivity index (χ2v) is 8.00. The minimum absolute atomic E-state index is 0.217. The van der Waals surface area contributed by atoms with Crippen LogP contribution in [0, 0.1) is 0 Å². The lowest BCUT2D eigenvalue weighted by Gasteiger charge is -2.19. The van der Waals surface area contributed by atoms with Gasteiger partial charge >= 0.3 is 0 Å². The lowest BCUT2D eigenvalue weighted by atomic mass is 10.2. The van der Waals surface area contributed by atoms with Crippen LogP contribution >= 0.6 is 11.8 Å². The first-order valence-corrected chi connectivity index (χ1v) is 9.22. The average molecular weight is 324 g/mol. The van der Waals surface area contributed by atoms with Crippen LogP contribution in [-0.4, -0.2) is 36.5 Å². The van der Waals surface area contributed by atoms with Gasteiger partial charge in [-0.05, 0) is 30.7 Å². The van der Waals surface area contributed by atoms with Gasteiger partial charge in [0.1, 0.15) is 10.7 Å². The van der Waals surface area contributed by atoms with E-state index in [1.54, 1.807) is 40.7 Å². The number of furan rings is 1. The maximum Gasteiger partial charge on any atom is 0.244 e. The van der Waals surface area contributed by atoms with Gasteiger partial charge in [-0.15, -0.1) is 11.8 Å². The monoisotopic (exact) mass is 324 g/mol. The van der Waals surface area contributed by atoms with Gasteiger partial charge in [-0.25, -0.2) is 8.42 Å². The zero-order valence-electron chi connectivity index (χ0n) is 11.4. The summed E-state index contributed by atoms with van der Waals surface area (Å²) >= 11 is 1.74. The SMILES string of the molecule is O=S(=O)(c1cccnc1)N1CCSC(c2ccco2)CC1. The Bertz CT molecular complexity index is 672. The smallest absolute Gasteiger partial charge is 0.244 e. The molecule has 1 aliphatic rings. The Hall–Kier alpha value is -1.31. The first kappa shape index (κ1) is 14.6. The number of thioether (sulfide) groups is 1. The summed E-state index contributed by atoms with van der Waals surface area (Å²) in [6.45, 7) is 1.01. The van der Waals surface area contributed by atoms with E-state index in [4.69, 9.17) is 4.42 Å². The molecule has 1 atom stereocenters. The lowest BCUT2D eigenvalue weighted by molar-refractivity contribution is 0.417. The van der Waals surface area contributed by atoms with Gasteiger partial charge in [-0.2, -0.15) is 4.31 Å². The van der Waals surface area contributed by atoms with E-state index >= 15 is 0 Å². The van der Waals surface area contributed by atoms with Crippen molar-refractivity contribution in [2.75, 3.05) is 18.8 Å². The highest BCUT2D eigenvalue weighted by Crippen LogP contribution is 2.35. The first-order valence-electron chi connectivity index (χ1n) is 6.73. The van der Waals surface area contributed by atoms with Crippen LogP contribution in [0.15, 0.2) is 52.2 Å². The molecule has 1 saturated heterocycles. The van der Waals surface area contributed by atoms with Crippen LogP contribution < -0.4 is 0 Å². The Balaban J connectivity index is 1.76. The van der Waals surface area contributed by atoms with Gasteiger partial charge in [0.2, 0.25) is 10.0 Å². The minimum atomic E-state index is -3.45. The van der Waals surface area contributed by atoms with Crippen molar-refractivity contribution in [3.8, 4) is 0 Å². The summed E-state index contributed by atoms with van der Waals surface area (Å²) in [6.07, 6.45) is 5.38. The number of pyridine rings is 1. The van der Waals surface area contributed by atoms with Crippen molar-refractivity contribution < 1.29 is 12.8 Å². The summed E-state index contributed by atoms with van der Waals surface area (Å²) in [6, 6.07) is 7.05. The molecule has 0 N–H and O–H groups in total. The van der Waals surface area contributed by atoms with E-state index in [1.807, 2.05) is 12.1 Å². The fourth-order valence-electron chi connectivity index (χ4n) is 2.34. The molecule has 0 bridgehead atoms. The Morgan fingerprint density at radius 1 is 1.29 bits per heavy atom. The fourth-order valence-corrected chi connectivity index (χ4v) is 5.06. The quantitative estimate of drug-likeness (QED) is 0.868. The maximum absolute atomic E-state index is 12.6.